The fourth-order valence-corrected chi connectivity index (χ4v) is 4.65. The number of anilines is 1. The van der Waals surface area contributed by atoms with Gasteiger partial charge < -0.3 is 19.1 Å². The van der Waals surface area contributed by atoms with Crippen LogP contribution in [0, 0.1) is 6.92 Å². The summed E-state index contributed by atoms with van der Waals surface area (Å²) in [5, 5.41) is 0.677. The van der Waals surface area contributed by atoms with E-state index in [0.717, 1.165) is 29.9 Å². The smallest absolute Gasteiger partial charge is 0.260 e. The molecule has 0 aliphatic heterocycles. The monoisotopic (exact) mass is 457 g/mol. The van der Waals surface area contributed by atoms with E-state index in [1.54, 1.807) is 38.4 Å². The second-order valence-electron chi connectivity index (χ2n) is 7.37. The zero-order chi connectivity index (χ0) is 23.3. The third-order valence-electron chi connectivity index (χ3n) is 5.45. The number of nitrogens with zero attached hydrogens (tertiary/aromatic N) is 3. The van der Waals surface area contributed by atoms with Crippen molar-refractivity contribution in [3.8, 4) is 17.2 Å². The van der Waals surface area contributed by atoms with E-state index in [4.69, 9.17) is 19.2 Å². The van der Waals surface area contributed by atoms with Gasteiger partial charge in [0.1, 0.15) is 0 Å². The lowest BCUT2D eigenvalue weighted by atomic mass is 10.1. The van der Waals surface area contributed by atoms with Crippen molar-refractivity contribution in [1.82, 2.24) is 9.88 Å². The number of amides is 1. The molecule has 3 rings (SSSR count). The van der Waals surface area contributed by atoms with Gasteiger partial charge in [-0.05, 0) is 49.8 Å². The molecule has 0 saturated carbocycles. The highest BCUT2D eigenvalue weighted by Gasteiger charge is 2.25. The minimum Gasteiger partial charge on any atom is -0.493 e. The van der Waals surface area contributed by atoms with Crippen LogP contribution in [0.3, 0.4) is 0 Å². The second-order valence-corrected chi connectivity index (χ2v) is 8.37. The fourth-order valence-electron chi connectivity index (χ4n) is 3.56. The van der Waals surface area contributed by atoms with Gasteiger partial charge in [-0.3, -0.25) is 9.69 Å². The number of benzene rings is 2. The van der Waals surface area contributed by atoms with Gasteiger partial charge in [0.15, 0.2) is 16.6 Å². The lowest BCUT2D eigenvalue weighted by molar-refractivity contribution is 0.0983. The van der Waals surface area contributed by atoms with Crippen molar-refractivity contribution in [2.24, 2.45) is 0 Å². The van der Waals surface area contributed by atoms with E-state index in [-0.39, 0.29) is 5.91 Å². The summed E-state index contributed by atoms with van der Waals surface area (Å²) < 4.78 is 17.4. The Kier molecular flexibility index (Phi) is 7.93. The Labute approximate surface area is 193 Å². The Hall–Kier alpha value is -2.84. The largest absolute Gasteiger partial charge is 0.493 e. The van der Waals surface area contributed by atoms with Crippen LogP contribution >= 0.6 is 11.3 Å². The van der Waals surface area contributed by atoms with E-state index >= 15 is 0 Å². The molecule has 1 heterocycles. The molecule has 0 atom stereocenters. The summed E-state index contributed by atoms with van der Waals surface area (Å²) in [5.74, 6) is 1.18. The van der Waals surface area contributed by atoms with Crippen molar-refractivity contribution < 1.29 is 19.0 Å². The average Bonchev–Trinajstić information content (AvgIpc) is 3.23. The number of ether oxygens (including phenoxy) is 3. The average molecular weight is 458 g/mol. The van der Waals surface area contributed by atoms with Gasteiger partial charge >= 0.3 is 0 Å². The second kappa shape index (κ2) is 10.7. The molecule has 0 aliphatic rings. The van der Waals surface area contributed by atoms with Crippen LogP contribution in [0.15, 0.2) is 30.3 Å². The number of aromatic nitrogens is 1. The van der Waals surface area contributed by atoms with E-state index in [1.807, 2.05) is 12.1 Å². The number of fused-ring (bicyclic) bond motifs is 1. The Morgan fingerprint density at radius 3 is 2.19 bits per heavy atom. The van der Waals surface area contributed by atoms with Crippen molar-refractivity contribution >= 4 is 32.6 Å². The highest BCUT2D eigenvalue weighted by Crippen LogP contribution is 2.39. The molecule has 0 unspecified atom stereocenters. The van der Waals surface area contributed by atoms with E-state index in [0.29, 0.717) is 34.5 Å². The molecule has 32 heavy (non-hydrogen) atoms. The Morgan fingerprint density at radius 1 is 0.969 bits per heavy atom. The minimum atomic E-state index is -0.160. The molecule has 0 spiro atoms. The van der Waals surface area contributed by atoms with Crippen LogP contribution < -0.4 is 19.1 Å². The van der Waals surface area contributed by atoms with E-state index in [2.05, 4.69) is 31.7 Å². The van der Waals surface area contributed by atoms with Crippen molar-refractivity contribution in [1.29, 1.82) is 0 Å². The van der Waals surface area contributed by atoms with Crippen molar-refractivity contribution in [3.63, 3.8) is 0 Å². The van der Waals surface area contributed by atoms with Crippen LogP contribution in [0.2, 0.25) is 0 Å². The Bertz CT molecular complexity index is 1050. The first kappa shape index (κ1) is 23.8. The third kappa shape index (κ3) is 4.97. The Balaban J connectivity index is 2.04. The molecule has 0 fully saturated rings. The lowest BCUT2D eigenvalue weighted by Crippen LogP contribution is -2.38. The number of carbonyl (C=O) groups is 1. The van der Waals surface area contributed by atoms with Crippen LogP contribution in [0.25, 0.3) is 10.2 Å². The zero-order valence-corrected chi connectivity index (χ0v) is 20.4. The number of likely N-dealkylation sites (N-methyl/N-ethyl adjacent to an activating group) is 1. The van der Waals surface area contributed by atoms with Gasteiger partial charge in [-0.2, -0.15) is 0 Å². The summed E-state index contributed by atoms with van der Waals surface area (Å²) in [6.07, 6.45) is 0. The summed E-state index contributed by atoms with van der Waals surface area (Å²) in [5.41, 5.74) is 2.51. The topological polar surface area (TPSA) is 64.1 Å². The highest BCUT2D eigenvalue weighted by molar-refractivity contribution is 7.22. The maximum absolute atomic E-state index is 13.7. The fraction of sp³-hybridized carbons (Fsp3) is 0.417. The van der Waals surface area contributed by atoms with Gasteiger partial charge in [-0.1, -0.05) is 31.3 Å². The number of hydrogen-bond donors (Lipinski definition) is 0. The molecule has 3 aromatic rings. The molecule has 172 valence electrons. The van der Waals surface area contributed by atoms with Gasteiger partial charge in [0.2, 0.25) is 5.75 Å². The highest BCUT2D eigenvalue weighted by atomic mass is 32.1. The number of thiazole rings is 1. The maximum atomic E-state index is 13.7. The lowest BCUT2D eigenvalue weighted by Gasteiger charge is -2.25. The first-order valence-corrected chi connectivity index (χ1v) is 11.5. The third-order valence-corrected chi connectivity index (χ3v) is 6.50. The van der Waals surface area contributed by atoms with Crippen LogP contribution in [0.4, 0.5) is 5.13 Å². The normalized spacial score (nSPS) is 11.1. The van der Waals surface area contributed by atoms with Gasteiger partial charge in [0, 0.05) is 18.7 Å². The zero-order valence-electron chi connectivity index (χ0n) is 19.6. The molecule has 0 N–H and O–H groups in total. The molecule has 0 aliphatic carbocycles. The number of carbonyl (C=O) groups excluding carboxylic acids is 1. The van der Waals surface area contributed by atoms with Gasteiger partial charge in [-0.15, -0.1) is 0 Å². The summed E-state index contributed by atoms with van der Waals surface area (Å²) in [6.45, 7) is 9.40. The summed E-state index contributed by atoms with van der Waals surface area (Å²) in [6, 6.07) is 9.50. The number of aryl methyl sites for hydroxylation is 1. The molecule has 0 saturated heterocycles. The number of methoxy groups -OCH3 is 3. The molecule has 1 amide bonds. The number of hydrogen-bond acceptors (Lipinski definition) is 7. The summed E-state index contributed by atoms with van der Waals surface area (Å²) in [4.78, 5) is 22.5. The maximum Gasteiger partial charge on any atom is 0.260 e. The molecule has 0 bridgehead atoms. The van der Waals surface area contributed by atoms with Crippen molar-refractivity contribution in [3.05, 3.63) is 41.5 Å². The quantitative estimate of drug-likeness (QED) is 0.443. The van der Waals surface area contributed by atoms with Crippen LogP contribution in [-0.4, -0.2) is 63.3 Å². The molecule has 1 aromatic heterocycles. The molecular formula is C24H31N3O4S. The molecule has 0 radical (unpaired) electrons. The van der Waals surface area contributed by atoms with E-state index in [9.17, 15) is 4.79 Å². The predicted molar refractivity (Wildman–Crippen MR) is 130 cm³/mol. The van der Waals surface area contributed by atoms with E-state index in [1.165, 1.54) is 16.9 Å². The summed E-state index contributed by atoms with van der Waals surface area (Å²) >= 11 is 1.53. The van der Waals surface area contributed by atoms with Gasteiger partial charge in [-0.25, -0.2) is 4.98 Å². The standard InChI is InChI=1S/C24H31N3O4S/c1-7-26(8-2)11-12-27(24-25-18-10-9-16(3)13-21(18)32-24)23(28)17-14-19(29-4)22(31-6)20(15-17)30-5/h9-10,13-15H,7-8,11-12H2,1-6H3. The number of rotatable bonds is 10. The van der Waals surface area contributed by atoms with Gasteiger partial charge in [0.25, 0.3) is 5.91 Å². The van der Waals surface area contributed by atoms with E-state index < -0.39 is 0 Å². The predicted octanol–water partition coefficient (Wildman–Crippen LogP) is 4.62. The minimum absolute atomic E-state index is 0.160. The van der Waals surface area contributed by atoms with Crippen molar-refractivity contribution in [2.75, 3.05) is 52.4 Å². The molecular weight excluding hydrogens is 426 g/mol. The van der Waals surface area contributed by atoms with Crippen molar-refractivity contribution in [2.45, 2.75) is 20.8 Å². The van der Waals surface area contributed by atoms with Gasteiger partial charge in [0.05, 0.1) is 31.5 Å². The molecule has 2 aromatic carbocycles. The first-order chi connectivity index (χ1) is 15.4. The molecule has 8 heteroatoms. The molecule has 7 nitrogen and oxygen atoms in total. The Morgan fingerprint density at radius 2 is 1.62 bits per heavy atom. The van der Waals surface area contributed by atoms with Crippen LogP contribution in [0.5, 0.6) is 17.2 Å². The SMILES string of the molecule is CCN(CC)CCN(C(=O)c1cc(OC)c(OC)c(OC)c1)c1nc2ccc(C)cc2s1. The van der Waals surface area contributed by atoms with Crippen LogP contribution in [0.1, 0.15) is 29.8 Å². The summed E-state index contributed by atoms with van der Waals surface area (Å²) in [7, 11) is 4.63. The van der Waals surface area contributed by atoms with Crippen LogP contribution in [-0.2, 0) is 0 Å². The first-order valence-electron chi connectivity index (χ1n) is 10.7.